The lowest BCUT2D eigenvalue weighted by Crippen LogP contribution is -2.27. The van der Waals surface area contributed by atoms with Gasteiger partial charge in [0.2, 0.25) is 10.0 Å². The van der Waals surface area contributed by atoms with Gasteiger partial charge >= 0.3 is 0 Å². The Morgan fingerprint density at radius 3 is 2.61 bits per heavy atom. The highest BCUT2D eigenvalue weighted by Crippen LogP contribution is 2.21. The summed E-state index contributed by atoms with van der Waals surface area (Å²) in [5, 5.41) is 4.83. The summed E-state index contributed by atoms with van der Waals surface area (Å²) in [6, 6.07) is 7.13. The molecule has 0 radical (unpaired) electrons. The summed E-state index contributed by atoms with van der Waals surface area (Å²) in [6.45, 7) is 4.05. The van der Waals surface area contributed by atoms with Crippen LogP contribution in [0.15, 0.2) is 34.5 Å². The van der Waals surface area contributed by atoms with E-state index in [-0.39, 0.29) is 10.8 Å². The average molecular weight is 352 g/mol. The topological polar surface area (TPSA) is 75.3 Å². The lowest BCUT2D eigenvalue weighted by molar-refractivity contribution is 0.0954. The van der Waals surface area contributed by atoms with Gasteiger partial charge in [0.1, 0.15) is 0 Å². The standard InChI is InChI=1S/C16H20N2O3S2/c1-11-9-13(10-15(12(11)2)23(20,21)17-3)16(19)18-7-6-14-5-4-8-22-14/h4-5,8-10,17H,6-7H2,1-3H3,(H,18,19). The predicted octanol–water partition coefficient (Wildman–Crippen LogP) is 2.25. The van der Waals surface area contributed by atoms with Crippen molar-refractivity contribution in [3.63, 3.8) is 0 Å². The fraction of sp³-hybridized carbons (Fsp3) is 0.312. The van der Waals surface area contributed by atoms with Crippen LogP contribution in [0.5, 0.6) is 0 Å². The number of aryl methyl sites for hydroxylation is 1. The molecular formula is C16H20N2O3S2. The highest BCUT2D eigenvalue weighted by atomic mass is 32.2. The molecule has 2 N–H and O–H groups in total. The van der Waals surface area contributed by atoms with Crippen molar-refractivity contribution in [2.75, 3.05) is 13.6 Å². The van der Waals surface area contributed by atoms with Crippen LogP contribution in [0.3, 0.4) is 0 Å². The number of sulfonamides is 1. The van der Waals surface area contributed by atoms with Crippen LogP contribution in [0.2, 0.25) is 0 Å². The third kappa shape index (κ3) is 4.19. The molecule has 0 saturated heterocycles. The molecule has 5 nitrogen and oxygen atoms in total. The highest BCUT2D eigenvalue weighted by molar-refractivity contribution is 7.89. The normalized spacial score (nSPS) is 11.4. The lowest BCUT2D eigenvalue weighted by atomic mass is 10.1. The molecule has 0 saturated carbocycles. The van der Waals surface area contributed by atoms with Gasteiger partial charge in [0, 0.05) is 17.0 Å². The van der Waals surface area contributed by atoms with Gasteiger partial charge in [-0.25, -0.2) is 13.1 Å². The lowest BCUT2D eigenvalue weighted by Gasteiger charge is -2.12. The quantitative estimate of drug-likeness (QED) is 0.837. The van der Waals surface area contributed by atoms with Crippen molar-refractivity contribution in [1.82, 2.24) is 10.0 Å². The van der Waals surface area contributed by atoms with E-state index in [0.717, 1.165) is 12.0 Å². The van der Waals surface area contributed by atoms with Gasteiger partial charge in [-0.1, -0.05) is 6.07 Å². The van der Waals surface area contributed by atoms with Crippen molar-refractivity contribution >= 4 is 27.3 Å². The Bertz CT molecular complexity index is 797. The fourth-order valence-corrected chi connectivity index (χ4v) is 3.98. The van der Waals surface area contributed by atoms with E-state index in [0.29, 0.717) is 17.7 Å². The molecule has 2 aromatic rings. The second kappa shape index (κ2) is 7.25. The number of benzene rings is 1. The zero-order valence-electron chi connectivity index (χ0n) is 13.3. The van der Waals surface area contributed by atoms with E-state index < -0.39 is 10.0 Å². The Morgan fingerprint density at radius 2 is 2.00 bits per heavy atom. The van der Waals surface area contributed by atoms with Crippen LogP contribution < -0.4 is 10.0 Å². The summed E-state index contributed by atoms with van der Waals surface area (Å²) >= 11 is 1.64. The van der Waals surface area contributed by atoms with Gasteiger partial charge in [0.05, 0.1) is 4.90 Å². The monoisotopic (exact) mass is 352 g/mol. The second-order valence-electron chi connectivity index (χ2n) is 5.21. The minimum Gasteiger partial charge on any atom is -0.352 e. The number of nitrogens with one attached hydrogen (secondary N) is 2. The van der Waals surface area contributed by atoms with Crippen LogP contribution in [0.4, 0.5) is 0 Å². The molecule has 0 aliphatic rings. The molecule has 1 aromatic heterocycles. The summed E-state index contributed by atoms with van der Waals surface area (Å²) < 4.78 is 26.4. The SMILES string of the molecule is CNS(=O)(=O)c1cc(C(=O)NCCc2cccs2)cc(C)c1C. The number of carbonyl (C=O) groups is 1. The zero-order chi connectivity index (χ0) is 17.0. The number of hydrogen-bond donors (Lipinski definition) is 2. The van der Waals surface area contributed by atoms with Crippen molar-refractivity contribution < 1.29 is 13.2 Å². The molecule has 124 valence electrons. The highest BCUT2D eigenvalue weighted by Gasteiger charge is 2.19. The van der Waals surface area contributed by atoms with Crippen LogP contribution in [-0.2, 0) is 16.4 Å². The summed E-state index contributed by atoms with van der Waals surface area (Å²) in [4.78, 5) is 13.6. The molecule has 0 fully saturated rings. The Hall–Kier alpha value is -1.70. The van der Waals surface area contributed by atoms with Crippen LogP contribution in [0.25, 0.3) is 0 Å². The molecule has 2 rings (SSSR count). The molecule has 1 amide bonds. The molecule has 0 atom stereocenters. The number of amides is 1. The van der Waals surface area contributed by atoms with Gasteiger partial charge in [-0.3, -0.25) is 4.79 Å². The van der Waals surface area contributed by atoms with Gasteiger partial charge < -0.3 is 5.32 Å². The molecule has 7 heteroatoms. The number of hydrogen-bond acceptors (Lipinski definition) is 4. The summed E-state index contributed by atoms with van der Waals surface area (Å²) in [7, 11) is -2.23. The van der Waals surface area contributed by atoms with Gasteiger partial charge in [-0.15, -0.1) is 11.3 Å². The van der Waals surface area contributed by atoms with E-state index in [1.807, 2.05) is 17.5 Å². The number of rotatable bonds is 6. The van der Waals surface area contributed by atoms with Crippen LogP contribution in [0.1, 0.15) is 26.4 Å². The second-order valence-corrected chi connectivity index (χ2v) is 8.10. The van der Waals surface area contributed by atoms with E-state index >= 15 is 0 Å². The molecule has 0 spiro atoms. The maximum atomic E-state index is 12.3. The summed E-state index contributed by atoms with van der Waals surface area (Å²) in [6.07, 6.45) is 0.760. The largest absolute Gasteiger partial charge is 0.352 e. The predicted molar refractivity (Wildman–Crippen MR) is 92.5 cm³/mol. The van der Waals surface area contributed by atoms with Crippen molar-refractivity contribution in [2.45, 2.75) is 25.2 Å². The molecule has 0 aliphatic heterocycles. The van der Waals surface area contributed by atoms with Gasteiger partial charge in [-0.2, -0.15) is 0 Å². The zero-order valence-corrected chi connectivity index (χ0v) is 15.0. The van der Waals surface area contributed by atoms with E-state index in [2.05, 4.69) is 10.0 Å². The van der Waals surface area contributed by atoms with Crippen molar-refractivity contribution in [3.05, 3.63) is 51.2 Å². The number of thiophene rings is 1. The van der Waals surface area contributed by atoms with Gasteiger partial charge in [0.15, 0.2) is 0 Å². The molecule has 0 bridgehead atoms. The number of carbonyl (C=O) groups excluding carboxylic acids is 1. The third-order valence-electron chi connectivity index (χ3n) is 3.68. The van der Waals surface area contributed by atoms with Crippen molar-refractivity contribution in [3.8, 4) is 0 Å². The first-order valence-electron chi connectivity index (χ1n) is 7.20. The average Bonchev–Trinajstić information content (AvgIpc) is 3.02. The molecule has 0 aliphatic carbocycles. The Balaban J connectivity index is 2.17. The maximum absolute atomic E-state index is 12.3. The van der Waals surface area contributed by atoms with Gasteiger partial charge in [0.25, 0.3) is 5.91 Å². The van der Waals surface area contributed by atoms with Crippen LogP contribution in [-0.4, -0.2) is 27.9 Å². The minimum atomic E-state index is -3.59. The molecule has 1 heterocycles. The third-order valence-corrected chi connectivity index (χ3v) is 6.15. The summed E-state index contributed by atoms with van der Waals surface area (Å²) in [5.74, 6) is -0.266. The first kappa shape index (κ1) is 17.7. The minimum absolute atomic E-state index is 0.142. The summed E-state index contributed by atoms with van der Waals surface area (Å²) in [5.41, 5.74) is 1.77. The van der Waals surface area contributed by atoms with Crippen LogP contribution in [0, 0.1) is 13.8 Å². The smallest absolute Gasteiger partial charge is 0.251 e. The molecular weight excluding hydrogens is 332 g/mol. The maximum Gasteiger partial charge on any atom is 0.251 e. The Kier molecular flexibility index (Phi) is 5.56. The Labute approximate surface area is 140 Å². The molecule has 23 heavy (non-hydrogen) atoms. The van der Waals surface area contributed by atoms with E-state index in [4.69, 9.17) is 0 Å². The van der Waals surface area contributed by atoms with E-state index in [1.54, 1.807) is 31.3 Å². The van der Waals surface area contributed by atoms with Crippen molar-refractivity contribution in [1.29, 1.82) is 0 Å². The first-order valence-corrected chi connectivity index (χ1v) is 9.57. The fourth-order valence-electron chi connectivity index (χ4n) is 2.20. The van der Waals surface area contributed by atoms with Crippen molar-refractivity contribution in [2.24, 2.45) is 0 Å². The van der Waals surface area contributed by atoms with E-state index in [1.165, 1.54) is 18.0 Å². The van der Waals surface area contributed by atoms with Crippen LogP contribution >= 0.6 is 11.3 Å². The molecule has 0 unspecified atom stereocenters. The van der Waals surface area contributed by atoms with Gasteiger partial charge in [-0.05, 0) is 62.0 Å². The Morgan fingerprint density at radius 1 is 1.26 bits per heavy atom. The van der Waals surface area contributed by atoms with E-state index in [9.17, 15) is 13.2 Å². The molecule has 1 aromatic carbocycles. The first-order chi connectivity index (χ1) is 10.8.